The van der Waals surface area contributed by atoms with Gasteiger partial charge in [0.25, 0.3) is 0 Å². The van der Waals surface area contributed by atoms with Crippen molar-refractivity contribution in [2.24, 2.45) is 11.3 Å². The van der Waals surface area contributed by atoms with Gasteiger partial charge in [0.2, 0.25) is 0 Å². The predicted octanol–water partition coefficient (Wildman–Crippen LogP) is 4.31. The molecule has 0 N–H and O–H groups in total. The Kier molecular flexibility index (Phi) is 6.06. The molecule has 1 atom stereocenters. The normalized spacial score (nSPS) is 13.6. The number of carbonyl (C=O) groups excluding carboxylic acids is 1. The van der Waals surface area contributed by atoms with Gasteiger partial charge in [-0.05, 0) is 35.5 Å². The first-order chi connectivity index (χ1) is 7.30. The SMILES string of the molecule is C=C=C(/C=C\C(=O)CC)C(C)CC(C)(C)C. The molecule has 1 nitrogen and oxygen atoms in total. The highest BCUT2D eigenvalue weighted by atomic mass is 16.1. The molecule has 0 aromatic heterocycles. The van der Waals surface area contributed by atoms with E-state index in [1.807, 2.05) is 13.0 Å². The molecule has 16 heavy (non-hydrogen) atoms. The van der Waals surface area contributed by atoms with E-state index in [4.69, 9.17) is 0 Å². The highest BCUT2D eigenvalue weighted by Crippen LogP contribution is 2.28. The second-order valence-corrected chi connectivity index (χ2v) is 5.45. The summed E-state index contributed by atoms with van der Waals surface area (Å²) in [6, 6.07) is 0. The van der Waals surface area contributed by atoms with E-state index in [0.29, 0.717) is 12.3 Å². The summed E-state index contributed by atoms with van der Waals surface area (Å²) < 4.78 is 0. The standard InChI is InChI=1S/C15H24O/c1-7-13(9-10-14(16)8-2)12(3)11-15(4,5)6/h9-10,12H,1,8,11H2,2-6H3/b10-9-. The topological polar surface area (TPSA) is 17.1 Å². The quantitative estimate of drug-likeness (QED) is 0.383. The molecule has 0 radical (unpaired) electrons. The lowest BCUT2D eigenvalue weighted by Gasteiger charge is -2.23. The summed E-state index contributed by atoms with van der Waals surface area (Å²) in [6.07, 6.45) is 5.10. The van der Waals surface area contributed by atoms with Crippen LogP contribution < -0.4 is 0 Å². The van der Waals surface area contributed by atoms with Crippen LogP contribution in [0, 0.1) is 11.3 Å². The zero-order valence-electron chi connectivity index (χ0n) is 11.3. The fourth-order valence-corrected chi connectivity index (χ4v) is 1.73. The fraction of sp³-hybridized carbons (Fsp3) is 0.600. The summed E-state index contributed by atoms with van der Waals surface area (Å²) in [7, 11) is 0. The molecule has 1 unspecified atom stereocenters. The van der Waals surface area contributed by atoms with E-state index >= 15 is 0 Å². The molecule has 1 heteroatoms. The van der Waals surface area contributed by atoms with Gasteiger partial charge in [0.15, 0.2) is 5.78 Å². The number of ketones is 1. The summed E-state index contributed by atoms with van der Waals surface area (Å²) in [6.45, 7) is 14.3. The van der Waals surface area contributed by atoms with E-state index in [-0.39, 0.29) is 11.2 Å². The van der Waals surface area contributed by atoms with Crippen LogP contribution in [0.2, 0.25) is 0 Å². The van der Waals surface area contributed by atoms with Crippen molar-refractivity contribution in [3.63, 3.8) is 0 Å². The highest BCUT2D eigenvalue weighted by molar-refractivity contribution is 5.89. The zero-order chi connectivity index (χ0) is 12.8. The van der Waals surface area contributed by atoms with Crippen LogP contribution in [-0.4, -0.2) is 5.78 Å². The monoisotopic (exact) mass is 220 g/mol. The van der Waals surface area contributed by atoms with Gasteiger partial charge in [0.1, 0.15) is 0 Å². The maximum absolute atomic E-state index is 11.2. The number of hydrogen-bond donors (Lipinski definition) is 0. The molecule has 0 amide bonds. The Balaban J connectivity index is 4.59. The van der Waals surface area contributed by atoms with Gasteiger partial charge >= 0.3 is 0 Å². The van der Waals surface area contributed by atoms with Crippen LogP contribution in [0.1, 0.15) is 47.5 Å². The second kappa shape index (κ2) is 6.50. The summed E-state index contributed by atoms with van der Waals surface area (Å²) in [5.41, 5.74) is 4.24. The molecule has 0 fully saturated rings. The first kappa shape index (κ1) is 14.9. The molecule has 0 spiro atoms. The van der Waals surface area contributed by atoms with Crippen molar-refractivity contribution in [2.75, 3.05) is 0 Å². The lowest BCUT2D eigenvalue weighted by Crippen LogP contribution is -2.11. The van der Waals surface area contributed by atoms with Crippen LogP contribution >= 0.6 is 0 Å². The second-order valence-electron chi connectivity index (χ2n) is 5.45. The Bertz CT molecular complexity index is 309. The van der Waals surface area contributed by atoms with Gasteiger partial charge in [0.05, 0.1) is 0 Å². The van der Waals surface area contributed by atoms with E-state index in [1.54, 1.807) is 6.08 Å². The van der Waals surface area contributed by atoms with E-state index in [9.17, 15) is 4.79 Å². The van der Waals surface area contributed by atoms with Crippen molar-refractivity contribution in [3.8, 4) is 0 Å². The summed E-state index contributed by atoms with van der Waals surface area (Å²) in [5.74, 6) is 0.536. The average Bonchev–Trinajstić information content (AvgIpc) is 2.15. The Morgan fingerprint density at radius 3 is 2.31 bits per heavy atom. The first-order valence-corrected chi connectivity index (χ1v) is 5.91. The van der Waals surface area contributed by atoms with Gasteiger partial charge in [-0.1, -0.05) is 41.2 Å². The number of hydrogen-bond acceptors (Lipinski definition) is 1. The van der Waals surface area contributed by atoms with Crippen LogP contribution in [0.3, 0.4) is 0 Å². The third-order valence-corrected chi connectivity index (χ3v) is 2.45. The molecule has 0 rings (SSSR count). The Labute approximate surface area is 99.9 Å². The number of rotatable bonds is 5. The molecular formula is C15H24O. The van der Waals surface area contributed by atoms with Crippen LogP contribution in [0.25, 0.3) is 0 Å². The van der Waals surface area contributed by atoms with Crippen molar-refractivity contribution in [3.05, 3.63) is 30.0 Å². The molecule has 0 heterocycles. The van der Waals surface area contributed by atoms with E-state index in [0.717, 1.165) is 12.0 Å². The lowest BCUT2D eigenvalue weighted by atomic mass is 9.82. The van der Waals surface area contributed by atoms with Gasteiger partial charge in [-0.25, -0.2) is 0 Å². The minimum Gasteiger partial charge on any atom is -0.295 e. The Morgan fingerprint density at radius 1 is 1.38 bits per heavy atom. The Morgan fingerprint density at radius 2 is 1.94 bits per heavy atom. The molecule has 0 aromatic rings. The highest BCUT2D eigenvalue weighted by Gasteiger charge is 2.16. The predicted molar refractivity (Wildman–Crippen MR) is 70.3 cm³/mol. The third kappa shape index (κ3) is 6.42. The maximum Gasteiger partial charge on any atom is 0.155 e. The van der Waals surface area contributed by atoms with Crippen molar-refractivity contribution >= 4 is 5.78 Å². The van der Waals surface area contributed by atoms with Gasteiger partial charge in [-0.3, -0.25) is 4.79 Å². The maximum atomic E-state index is 11.2. The summed E-state index contributed by atoms with van der Waals surface area (Å²) in [5, 5.41) is 0. The van der Waals surface area contributed by atoms with E-state index in [2.05, 4.69) is 40.0 Å². The summed E-state index contributed by atoms with van der Waals surface area (Å²) >= 11 is 0. The smallest absolute Gasteiger partial charge is 0.155 e. The van der Waals surface area contributed by atoms with Crippen LogP contribution in [0.4, 0.5) is 0 Å². The van der Waals surface area contributed by atoms with Crippen LogP contribution in [-0.2, 0) is 4.79 Å². The van der Waals surface area contributed by atoms with Gasteiger partial charge in [-0.15, -0.1) is 5.73 Å². The largest absolute Gasteiger partial charge is 0.295 e. The van der Waals surface area contributed by atoms with Crippen molar-refractivity contribution in [1.29, 1.82) is 0 Å². The summed E-state index contributed by atoms with van der Waals surface area (Å²) in [4.78, 5) is 11.2. The molecule has 0 bridgehead atoms. The fourth-order valence-electron chi connectivity index (χ4n) is 1.73. The van der Waals surface area contributed by atoms with Crippen molar-refractivity contribution in [1.82, 2.24) is 0 Å². The molecule has 90 valence electrons. The van der Waals surface area contributed by atoms with Crippen molar-refractivity contribution in [2.45, 2.75) is 47.5 Å². The molecule has 0 aliphatic heterocycles. The van der Waals surface area contributed by atoms with Crippen LogP contribution in [0.5, 0.6) is 0 Å². The number of carbonyl (C=O) groups is 1. The lowest BCUT2D eigenvalue weighted by molar-refractivity contribution is -0.114. The number of allylic oxidation sites excluding steroid dienone is 3. The first-order valence-electron chi connectivity index (χ1n) is 5.91. The zero-order valence-corrected chi connectivity index (χ0v) is 11.3. The molecular weight excluding hydrogens is 196 g/mol. The van der Waals surface area contributed by atoms with E-state index < -0.39 is 0 Å². The third-order valence-electron chi connectivity index (χ3n) is 2.45. The molecule has 0 saturated carbocycles. The van der Waals surface area contributed by atoms with E-state index in [1.165, 1.54) is 0 Å². The molecule has 0 aliphatic carbocycles. The molecule has 0 aromatic carbocycles. The van der Waals surface area contributed by atoms with Gasteiger partial charge < -0.3 is 0 Å². The van der Waals surface area contributed by atoms with Crippen molar-refractivity contribution < 1.29 is 4.79 Å². The van der Waals surface area contributed by atoms with Crippen LogP contribution in [0.15, 0.2) is 30.0 Å². The van der Waals surface area contributed by atoms with Gasteiger partial charge in [0, 0.05) is 6.42 Å². The van der Waals surface area contributed by atoms with Gasteiger partial charge in [-0.2, -0.15) is 0 Å². The molecule has 0 saturated heterocycles. The Hall–Kier alpha value is -1.07. The molecule has 0 aliphatic rings. The minimum atomic E-state index is 0.149. The minimum absolute atomic E-state index is 0.149. The average molecular weight is 220 g/mol.